The van der Waals surface area contributed by atoms with Crippen LogP contribution >= 0.6 is 11.3 Å². The zero-order valence-corrected chi connectivity index (χ0v) is 11.3. The first-order chi connectivity index (χ1) is 9.20. The van der Waals surface area contributed by atoms with Crippen molar-refractivity contribution in [3.63, 3.8) is 0 Å². The Morgan fingerprint density at radius 3 is 3.00 bits per heavy atom. The van der Waals surface area contributed by atoms with Gasteiger partial charge in [-0.2, -0.15) is 0 Å². The molecular weight excluding hydrogens is 258 g/mol. The van der Waals surface area contributed by atoms with Gasteiger partial charge in [0.2, 0.25) is 0 Å². The predicted octanol–water partition coefficient (Wildman–Crippen LogP) is 2.01. The quantitative estimate of drug-likeness (QED) is 0.821. The van der Waals surface area contributed by atoms with Crippen molar-refractivity contribution < 1.29 is 4.79 Å². The van der Waals surface area contributed by atoms with E-state index in [0.29, 0.717) is 11.4 Å². The normalized spacial score (nSPS) is 9.58. The highest BCUT2D eigenvalue weighted by molar-refractivity contribution is 7.11. The van der Waals surface area contributed by atoms with Crippen LogP contribution in [0.3, 0.4) is 0 Å². The Morgan fingerprint density at radius 2 is 2.37 bits per heavy atom. The van der Waals surface area contributed by atoms with E-state index in [2.05, 4.69) is 22.1 Å². The van der Waals surface area contributed by atoms with E-state index in [-0.39, 0.29) is 5.91 Å². The Morgan fingerprint density at radius 1 is 1.53 bits per heavy atom. The van der Waals surface area contributed by atoms with Crippen LogP contribution in [0.15, 0.2) is 29.9 Å². The number of nitrogens with zero attached hydrogens (tertiary/aromatic N) is 1. The number of nitrogens with one attached hydrogen (secondary N) is 1. The van der Waals surface area contributed by atoms with Crippen LogP contribution in [-0.4, -0.2) is 17.4 Å². The Balaban J connectivity index is 2.15. The minimum Gasteiger partial charge on any atom is -0.321 e. The Hall–Kier alpha value is -2.16. The number of carbonyl (C=O) groups excluding carboxylic acids is 1. The van der Waals surface area contributed by atoms with Crippen molar-refractivity contribution in [3.8, 4) is 11.8 Å². The minimum absolute atomic E-state index is 0.147. The van der Waals surface area contributed by atoms with Gasteiger partial charge in [0, 0.05) is 11.3 Å². The van der Waals surface area contributed by atoms with E-state index in [4.69, 9.17) is 5.73 Å². The van der Waals surface area contributed by atoms with E-state index in [1.807, 2.05) is 25.1 Å². The van der Waals surface area contributed by atoms with Crippen molar-refractivity contribution in [2.75, 3.05) is 11.9 Å². The van der Waals surface area contributed by atoms with E-state index in [1.54, 1.807) is 11.7 Å². The van der Waals surface area contributed by atoms with E-state index in [9.17, 15) is 4.79 Å². The fourth-order valence-electron chi connectivity index (χ4n) is 1.55. The SMILES string of the molecule is Cc1cc(C#CCN)ccc1NC(=O)c1cncs1. The average molecular weight is 271 g/mol. The molecule has 3 N–H and O–H groups in total. The van der Waals surface area contributed by atoms with Crippen LogP contribution < -0.4 is 11.1 Å². The average Bonchev–Trinajstić information content (AvgIpc) is 2.93. The highest BCUT2D eigenvalue weighted by Gasteiger charge is 2.09. The number of hydrogen-bond acceptors (Lipinski definition) is 4. The molecule has 2 aromatic rings. The maximum Gasteiger partial charge on any atom is 0.267 e. The molecule has 1 heterocycles. The summed E-state index contributed by atoms with van der Waals surface area (Å²) in [7, 11) is 0. The van der Waals surface area contributed by atoms with Gasteiger partial charge in [0.15, 0.2) is 0 Å². The summed E-state index contributed by atoms with van der Waals surface area (Å²) in [6.07, 6.45) is 1.55. The van der Waals surface area contributed by atoms with Crippen LogP contribution in [0, 0.1) is 18.8 Å². The number of carbonyl (C=O) groups is 1. The second kappa shape index (κ2) is 6.14. The van der Waals surface area contributed by atoms with Crippen molar-refractivity contribution >= 4 is 22.9 Å². The van der Waals surface area contributed by atoms with Gasteiger partial charge in [0.1, 0.15) is 4.88 Å². The van der Waals surface area contributed by atoms with Crippen molar-refractivity contribution in [2.24, 2.45) is 5.73 Å². The number of amides is 1. The van der Waals surface area contributed by atoms with Crippen molar-refractivity contribution in [3.05, 3.63) is 45.9 Å². The fourth-order valence-corrected chi connectivity index (χ4v) is 2.06. The molecule has 0 radical (unpaired) electrons. The fraction of sp³-hybridized carbons (Fsp3) is 0.143. The number of anilines is 1. The molecule has 0 saturated carbocycles. The summed E-state index contributed by atoms with van der Waals surface area (Å²) in [5.41, 5.74) is 9.58. The van der Waals surface area contributed by atoms with Crippen LogP contribution in [0.1, 0.15) is 20.8 Å². The van der Waals surface area contributed by atoms with Gasteiger partial charge in [0.25, 0.3) is 5.91 Å². The lowest BCUT2D eigenvalue weighted by Crippen LogP contribution is -2.11. The predicted molar refractivity (Wildman–Crippen MR) is 77.2 cm³/mol. The summed E-state index contributed by atoms with van der Waals surface area (Å²) in [6, 6.07) is 5.62. The first kappa shape index (κ1) is 13.3. The van der Waals surface area contributed by atoms with Crippen LogP contribution in [0.5, 0.6) is 0 Å². The summed E-state index contributed by atoms with van der Waals surface area (Å²) in [5.74, 6) is 5.61. The summed E-state index contributed by atoms with van der Waals surface area (Å²) in [6.45, 7) is 2.26. The lowest BCUT2D eigenvalue weighted by molar-refractivity contribution is 0.103. The number of aromatic nitrogens is 1. The number of aryl methyl sites for hydroxylation is 1. The summed E-state index contributed by atoms with van der Waals surface area (Å²) in [5, 5.41) is 2.85. The molecule has 0 aliphatic carbocycles. The van der Waals surface area contributed by atoms with E-state index >= 15 is 0 Å². The number of hydrogen-bond donors (Lipinski definition) is 2. The third kappa shape index (κ3) is 3.41. The molecule has 0 atom stereocenters. The highest BCUT2D eigenvalue weighted by atomic mass is 32.1. The molecule has 1 amide bonds. The summed E-state index contributed by atoms with van der Waals surface area (Å²) in [4.78, 5) is 16.4. The van der Waals surface area contributed by atoms with Gasteiger partial charge in [-0.25, -0.2) is 0 Å². The Labute approximate surface area is 115 Å². The smallest absolute Gasteiger partial charge is 0.267 e. The van der Waals surface area contributed by atoms with Crippen molar-refractivity contribution in [1.82, 2.24) is 4.98 Å². The summed E-state index contributed by atoms with van der Waals surface area (Å²) < 4.78 is 0. The van der Waals surface area contributed by atoms with E-state index in [1.165, 1.54) is 11.3 Å². The lowest BCUT2D eigenvalue weighted by Gasteiger charge is -2.07. The molecule has 1 aromatic carbocycles. The second-order valence-corrected chi connectivity index (χ2v) is 4.74. The number of nitrogens with two attached hydrogens (primary N) is 1. The molecule has 0 spiro atoms. The first-order valence-corrected chi connectivity index (χ1v) is 6.58. The molecule has 0 unspecified atom stereocenters. The number of rotatable bonds is 2. The molecule has 0 saturated heterocycles. The monoisotopic (exact) mass is 271 g/mol. The van der Waals surface area contributed by atoms with E-state index in [0.717, 1.165) is 16.8 Å². The third-order valence-electron chi connectivity index (χ3n) is 2.47. The van der Waals surface area contributed by atoms with Gasteiger partial charge in [-0.1, -0.05) is 11.8 Å². The Bertz CT molecular complexity index is 638. The maximum absolute atomic E-state index is 11.9. The largest absolute Gasteiger partial charge is 0.321 e. The standard InChI is InChI=1S/C14H13N3OS/c1-10-7-11(3-2-6-15)4-5-12(10)17-14(18)13-8-16-9-19-13/h4-5,7-9H,6,15H2,1H3,(H,17,18). The van der Waals surface area contributed by atoms with Crippen molar-refractivity contribution in [2.45, 2.75) is 6.92 Å². The van der Waals surface area contributed by atoms with Crippen LogP contribution in [0.4, 0.5) is 5.69 Å². The summed E-state index contributed by atoms with van der Waals surface area (Å²) >= 11 is 1.31. The third-order valence-corrected chi connectivity index (χ3v) is 3.24. The van der Waals surface area contributed by atoms with E-state index < -0.39 is 0 Å². The zero-order valence-electron chi connectivity index (χ0n) is 10.4. The van der Waals surface area contributed by atoms with Crippen LogP contribution in [0.25, 0.3) is 0 Å². The molecule has 5 heteroatoms. The zero-order chi connectivity index (χ0) is 13.7. The molecule has 0 bridgehead atoms. The topological polar surface area (TPSA) is 68.0 Å². The molecule has 1 aromatic heterocycles. The minimum atomic E-state index is -0.147. The van der Waals surface area contributed by atoms with Crippen LogP contribution in [0.2, 0.25) is 0 Å². The van der Waals surface area contributed by atoms with Gasteiger partial charge in [-0.15, -0.1) is 11.3 Å². The molecule has 0 fully saturated rings. The highest BCUT2D eigenvalue weighted by Crippen LogP contribution is 2.18. The molecule has 4 nitrogen and oxygen atoms in total. The lowest BCUT2D eigenvalue weighted by atomic mass is 10.1. The molecule has 96 valence electrons. The first-order valence-electron chi connectivity index (χ1n) is 5.70. The number of thiazole rings is 1. The maximum atomic E-state index is 11.9. The van der Waals surface area contributed by atoms with Crippen molar-refractivity contribution in [1.29, 1.82) is 0 Å². The molecule has 19 heavy (non-hydrogen) atoms. The Kier molecular flexibility index (Phi) is 4.29. The molecular formula is C14H13N3OS. The van der Waals surface area contributed by atoms with Gasteiger partial charge >= 0.3 is 0 Å². The van der Waals surface area contributed by atoms with Gasteiger partial charge < -0.3 is 11.1 Å². The van der Waals surface area contributed by atoms with Gasteiger partial charge in [-0.05, 0) is 30.7 Å². The molecule has 2 rings (SSSR count). The molecule has 0 aliphatic rings. The second-order valence-electron chi connectivity index (χ2n) is 3.86. The van der Waals surface area contributed by atoms with Gasteiger partial charge in [0.05, 0.1) is 18.3 Å². The van der Waals surface area contributed by atoms with Gasteiger partial charge in [-0.3, -0.25) is 9.78 Å². The number of benzene rings is 1. The van der Waals surface area contributed by atoms with Crippen LogP contribution in [-0.2, 0) is 0 Å². The molecule has 0 aliphatic heterocycles.